The Morgan fingerprint density at radius 2 is 1.82 bits per heavy atom. The molecule has 0 atom stereocenters. The van der Waals surface area contributed by atoms with E-state index in [0.29, 0.717) is 17.3 Å². The van der Waals surface area contributed by atoms with Gasteiger partial charge in [0.1, 0.15) is 0 Å². The number of fused-ring (bicyclic) bond motifs is 1. The van der Waals surface area contributed by atoms with Crippen LogP contribution in [0, 0.1) is 0 Å². The molecule has 0 aliphatic carbocycles. The van der Waals surface area contributed by atoms with Gasteiger partial charge in [-0.25, -0.2) is 4.98 Å². The van der Waals surface area contributed by atoms with E-state index < -0.39 is 0 Å². The molecular weight excluding hydrogens is 344 g/mol. The summed E-state index contributed by atoms with van der Waals surface area (Å²) >= 11 is 3.41. The van der Waals surface area contributed by atoms with Gasteiger partial charge in [-0.2, -0.15) is 4.68 Å². The van der Waals surface area contributed by atoms with E-state index in [1.807, 2.05) is 48.5 Å². The summed E-state index contributed by atoms with van der Waals surface area (Å²) in [5, 5.41) is 8.29. The number of rotatable bonds is 2. The summed E-state index contributed by atoms with van der Waals surface area (Å²) in [6.45, 7) is 0. The summed E-state index contributed by atoms with van der Waals surface area (Å²) in [5.41, 5.74) is 9.39. The van der Waals surface area contributed by atoms with Crippen molar-refractivity contribution >= 4 is 32.8 Å². The predicted molar refractivity (Wildman–Crippen MR) is 88.6 cm³/mol. The van der Waals surface area contributed by atoms with Crippen molar-refractivity contribution in [2.45, 2.75) is 0 Å². The Morgan fingerprint density at radius 1 is 1.05 bits per heavy atom. The van der Waals surface area contributed by atoms with E-state index in [2.05, 4.69) is 36.2 Å². The molecule has 0 saturated heterocycles. The van der Waals surface area contributed by atoms with Gasteiger partial charge in [0.05, 0.1) is 16.7 Å². The van der Waals surface area contributed by atoms with Crippen molar-refractivity contribution in [3.8, 4) is 17.2 Å². The van der Waals surface area contributed by atoms with Crippen LogP contribution < -0.4 is 5.73 Å². The highest BCUT2D eigenvalue weighted by Crippen LogP contribution is 2.25. The number of nitrogen functional groups attached to an aromatic ring is 1. The third-order valence-electron chi connectivity index (χ3n) is 3.39. The highest BCUT2D eigenvalue weighted by molar-refractivity contribution is 9.10. The molecule has 0 spiro atoms. The Labute approximate surface area is 134 Å². The monoisotopic (exact) mass is 354 g/mol. The lowest BCUT2D eigenvalue weighted by molar-refractivity contribution is 0.810. The number of aromatic nitrogens is 5. The van der Waals surface area contributed by atoms with Gasteiger partial charge in [0.15, 0.2) is 17.3 Å². The highest BCUT2D eigenvalue weighted by Gasteiger charge is 2.16. The second kappa shape index (κ2) is 4.96. The van der Waals surface area contributed by atoms with E-state index in [1.54, 1.807) is 4.68 Å². The Morgan fingerprint density at radius 3 is 2.59 bits per heavy atom. The lowest BCUT2D eigenvalue weighted by atomic mass is 10.3. The molecule has 7 heteroatoms. The number of nitrogens with one attached hydrogen (secondary N) is 1. The molecule has 4 rings (SSSR count). The number of anilines is 1. The number of imidazole rings is 1. The zero-order valence-corrected chi connectivity index (χ0v) is 12.9. The van der Waals surface area contributed by atoms with Crippen LogP contribution in [-0.2, 0) is 0 Å². The zero-order valence-electron chi connectivity index (χ0n) is 11.4. The minimum Gasteiger partial charge on any atom is -0.382 e. The van der Waals surface area contributed by atoms with E-state index in [0.717, 1.165) is 21.2 Å². The van der Waals surface area contributed by atoms with Crippen LogP contribution in [0.5, 0.6) is 0 Å². The summed E-state index contributed by atoms with van der Waals surface area (Å²) in [6, 6.07) is 15.5. The molecule has 3 N–H and O–H groups in total. The Balaban J connectivity index is 1.82. The fourth-order valence-corrected chi connectivity index (χ4v) is 2.56. The summed E-state index contributed by atoms with van der Waals surface area (Å²) in [6.07, 6.45) is 0. The molecule has 2 heterocycles. The molecule has 108 valence electrons. The number of hydrogen-bond donors (Lipinski definition) is 2. The first-order chi connectivity index (χ1) is 10.7. The number of hydrogen-bond acceptors (Lipinski definition) is 4. The molecule has 0 radical (unpaired) electrons. The van der Waals surface area contributed by atoms with Crippen molar-refractivity contribution in [3.63, 3.8) is 0 Å². The molecule has 2 aromatic carbocycles. The van der Waals surface area contributed by atoms with Crippen LogP contribution in [0.25, 0.3) is 28.2 Å². The fraction of sp³-hybridized carbons (Fsp3) is 0. The minimum absolute atomic E-state index is 0.446. The van der Waals surface area contributed by atoms with E-state index in [1.165, 1.54) is 0 Å². The van der Waals surface area contributed by atoms with E-state index in [4.69, 9.17) is 5.73 Å². The van der Waals surface area contributed by atoms with Crippen LogP contribution in [0.4, 0.5) is 5.82 Å². The van der Waals surface area contributed by atoms with Crippen molar-refractivity contribution in [3.05, 3.63) is 53.0 Å². The molecule has 0 unspecified atom stereocenters. The van der Waals surface area contributed by atoms with Gasteiger partial charge >= 0.3 is 0 Å². The van der Waals surface area contributed by atoms with E-state index in [-0.39, 0.29) is 0 Å². The summed E-state index contributed by atoms with van der Waals surface area (Å²) in [5.74, 6) is 1.06. The Hall–Kier alpha value is -2.67. The molecule has 2 aromatic heterocycles. The predicted octanol–water partition coefficient (Wildman–Crippen LogP) is 3.16. The number of halogens is 1. The number of H-pyrrole nitrogens is 1. The van der Waals surface area contributed by atoms with Crippen molar-refractivity contribution < 1.29 is 0 Å². The first kappa shape index (κ1) is 13.0. The average Bonchev–Trinajstić information content (AvgIpc) is 3.11. The quantitative estimate of drug-likeness (QED) is 0.578. The maximum Gasteiger partial charge on any atom is 0.172 e. The second-order valence-corrected chi connectivity index (χ2v) is 5.73. The van der Waals surface area contributed by atoms with Gasteiger partial charge in [0, 0.05) is 4.47 Å². The maximum absolute atomic E-state index is 6.19. The number of benzene rings is 2. The number of nitrogens with zero attached hydrogens (tertiary/aromatic N) is 4. The van der Waals surface area contributed by atoms with Crippen molar-refractivity contribution in [2.75, 3.05) is 5.73 Å². The number of aromatic amines is 1. The first-order valence-corrected chi connectivity index (χ1v) is 7.44. The SMILES string of the molecule is Nc1c(-c2nc3ccccc3[nH]2)nnn1-c1ccc(Br)cc1. The van der Waals surface area contributed by atoms with Crippen molar-refractivity contribution in [1.82, 2.24) is 25.0 Å². The van der Waals surface area contributed by atoms with Gasteiger partial charge in [-0.1, -0.05) is 33.3 Å². The van der Waals surface area contributed by atoms with Crippen LogP contribution in [0.15, 0.2) is 53.0 Å². The normalized spacial score (nSPS) is 11.1. The molecule has 4 aromatic rings. The van der Waals surface area contributed by atoms with Crippen molar-refractivity contribution in [2.24, 2.45) is 0 Å². The molecule has 0 amide bonds. The Kier molecular flexibility index (Phi) is 2.93. The van der Waals surface area contributed by atoms with Crippen LogP contribution >= 0.6 is 15.9 Å². The molecule has 0 saturated carbocycles. The lowest BCUT2D eigenvalue weighted by Crippen LogP contribution is -2.02. The van der Waals surface area contributed by atoms with Crippen LogP contribution in [0.1, 0.15) is 0 Å². The van der Waals surface area contributed by atoms with Gasteiger partial charge in [-0.05, 0) is 36.4 Å². The lowest BCUT2D eigenvalue weighted by Gasteiger charge is -2.02. The van der Waals surface area contributed by atoms with Gasteiger partial charge in [-0.15, -0.1) is 5.10 Å². The molecule has 0 aliphatic heterocycles. The number of para-hydroxylation sites is 2. The zero-order chi connectivity index (χ0) is 15.1. The van der Waals surface area contributed by atoms with Gasteiger partial charge in [-0.3, -0.25) is 0 Å². The maximum atomic E-state index is 6.19. The van der Waals surface area contributed by atoms with Gasteiger partial charge < -0.3 is 10.7 Å². The molecule has 0 fully saturated rings. The highest BCUT2D eigenvalue weighted by atomic mass is 79.9. The van der Waals surface area contributed by atoms with E-state index in [9.17, 15) is 0 Å². The largest absolute Gasteiger partial charge is 0.382 e. The standard InChI is InChI=1S/C15H11BrN6/c16-9-5-7-10(8-6-9)22-14(17)13(20-21-22)15-18-11-3-1-2-4-12(11)19-15/h1-8H,17H2,(H,18,19). The molecule has 6 nitrogen and oxygen atoms in total. The molecule has 0 bridgehead atoms. The molecule has 0 aliphatic rings. The fourth-order valence-electron chi connectivity index (χ4n) is 2.30. The van der Waals surface area contributed by atoms with Gasteiger partial charge in [0.2, 0.25) is 0 Å². The van der Waals surface area contributed by atoms with Gasteiger partial charge in [0.25, 0.3) is 0 Å². The smallest absolute Gasteiger partial charge is 0.172 e. The second-order valence-electron chi connectivity index (χ2n) is 4.81. The van der Waals surface area contributed by atoms with Crippen molar-refractivity contribution in [1.29, 1.82) is 0 Å². The third-order valence-corrected chi connectivity index (χ3v) is 3.92. The van der Waals surface area contributed by atoms with Crippen LogP contribution in [0.2, 0.25) is 0 Å². The molecule has 22 heavy (non-hydrogen) atoms. The molecular formula is C15H11BrN6. The van der Waals surface area contributed by atoms with Crippen LogP contribution in [0.3, 0.4) is 0 Å². The summed E-state index contributed by atoms with van der Waals surface area (Å²) in [4.78, 5) is 7.72. The van der Waals surface area contributed by atoms with E-state index >= 15 is 0 Å². The minimum atomic E-state index is 0.446. The Bertz CT molecular complexity index is 921. The average molecular weight is 355 g/mol. The number of nitrogens with two attached hydrogens (primary N) is 1. The third kappa shape index (κ3) is 2.06. The van der Waals surface area contributed by atoms with Crippen LogP contribution in [-0.4, -0.2) is 25.0 Å². The summed E-state index contributed by atoms with van der Waals surface area (Å²) in [7, 11) is 0. The topological polar surface area (TPSA) is 85.4 Å². The summed E-state index contributed by atoms with van der Waals surface area (Å²) < 4.78 is 2.59. The first-order valence-electron chi connectivity index (χ1n) is 6.64.